The zero-order valence-corrected chi connectivity index (χ0v) is 15.0. The standard InChI is InChI=1S/C17H26N2O3S/c1-4-17(20)18-10-5-11-19(13-12-18)23(21,22)16-8-6-15(7-9-16)14(2)3/h6-9,14H,4-5,10-13H2,1-3H3. The normalized spacial score (nSPS) is 17.3. The lowest BCUT2D eigenvalue weighted by Gasteiger charge is -2.21. The molecule has 0 radical (unpaired) electrons. The smallest absolute Gasteiger partial charge is 0.243 e. The van der Waals surface area contributed by atoms with Gasteiger partial charge in [0, 0.05) is 32.6 Å². The second-order valence-electron chi connectivity index (χ2n) is 6.22. The first-order valence-corrected chi connectivity index (χ1v) is 9.68. The molecule has 1 heterocycles. The molecule has 0 bridgehead atoms. The molecule has 0 aromatic heterocycles. The number of benzene rings is 1. The molecule has 1 aliphatic heterocycles. The summed E-state index contributed by atoms with van der Waals surface area (Å²) < 4.78 is 27.1. The van der Waals surface area contributed by atoms with Gasteiger partial charge in [0.25, 0.3) is 0 Å². The number of rotatable bonds is 4. The molecule has 6 heteroatoms. The first-order valence-electron chi connectivity index (χ1n) is 8.24. The van der Waals surface area contributed by atoms with E-state index in [-0.39, 0.29) is 5.91 Å². The van der Waals surface area contributed by atoms with Crippen molar-refractivity contribution >= 4 is 15.9 Å². The van der Waals surface area contributed by atoms with Gasteiger partial charge in [0.15, 0.2) is 0 Å². The first kappa shape index (κ1) is 17.9. The Morgan fingerprint density at radius 2 is 1.74 bits per heavy atom. The van der Waals surface area contributed by atoms with E-state index in [0.717, 1.165) is 5.56 Å². The van der Waals surface area contributed by atoms with Crippen LogP contribution in [-0.4, -0.2) is 49.7 Å². The summed E-state index contributed by atoms with van der Waals surface area (Å²) in [6.45, 7) is 7.91. The zero-order chi connectivity index (χ0) is 17.0. The Kier molecular flexibility index (Phi) is 5.81. The van der Waals surface area contributed by atoms with Gasteiger partial charge in [0.05, 0.1) is 4.90 Å². The van der Waals surface area contributed by atoms with Crippen LogP contribution in [0.5, 0.6) is 0 Å². The van der Waals surface area contributed by atoms with E-state index in [4.69, 9.17) is 0 Å². The number of hydrogen-bond donors (Lipinski definition) is 0. The highest BCUT2D eigenvalue weighted by Crippen LogP contribution is 2.21. The van der Waals surface area contributed by atoms with Gasteiger partial charge in [0.2, 0.25) is 15.9 Å². The molecule has 1 amide bonds. The van der Waals surface area contributed by atoms with Crippen molar-refractivity contribution in [2.24, 2.45) is 0 Å². The van der Waals surface area contributed by atoms with Gasteiger partial charge < -0.3 is 4.90 Å². The van der Waals surface area contributed by atoms with Crippen molar-refractivity contribution in [3.8, 4) is 0 Å². The molecule has 1 aromatic rings. The topological polar surface area (TPSA) is 57.7 Å². The van der Waals surface area contributed by atoms with Crippen molar-refractivity contribution in [1.82, 2.24) is 9.21 Å². The molecule has 0 N–H and O–H groups in total. The summed E-state index contributed by atoms with van der Waals surface area (Å²) >= 11 is 0. The van der Waals surface area contributed by atoms with Crippen molar-refractivity contribution in [1.29, 1.82) is 0 Å². The van der Waals surface area contributed by atoms with Gasteiger partial charge in [-0.3, -0.25) is 4.79 Å². The highest BCUT2D eigenvalue weighted by Gasteiger charge is 2.27. The predicted octanol–water partition coefficient (Wildman–Crippen LogP) is 2.44. The molecule has 1 aliphatic rings. The molecular weight excluding hydrogens is 312 g/mol. The van der Waals surface area contributed by atoms with E-state index in [9.17, 15) is 13.2 Å². The van der Waals surface area contributed by atoms with Crippen LogP contribution in [0, 0.1) is 0 Å². The van der Waals surface area contributed by atoms with E-state index in [0.29, 0.717) is 49.8 Å². The lowest BCUT2D eigenvalue weighted by atomic mass is 10.0. The fourth-order valence-electron chi connectivity index (χ4n) is 2.78. The number of nitrogens with zero attached hydrogens (tertiary/aromatic N) is 2. The number of carbonyl (C=O) groups is 1. The van der Waals surface area contributed by atoms with E-state index in [1.807, 2.05) is 19.1 Å². The predicted molar refractivity (Wildman–Crippen MR) is 90.8 cm³/mol. The Hall–Kier alpha value is -1.40. The van der Waals surface area contributed by atoms with Gasteiger partial charge in [-0.25, -0.2) is 8.42 Å². The quantitative estimate of drug-likeness (QED) is 0.847. The third-order valence-electron chi connectivity index (χ3n) is 4.29. The van der Waals surface area contributed by atoms with Crippen LogP contribution in [0.3, 0.4) is 0 Å². The van der Waals surface area contributed by atoms with Crippen molar-refractivity contribution in [3.63, 3.8) is 0 Å². The third kappa shape index (κ3) is 4.12. The molecule has 0 saturated carbocycles. The van der Waals surface area contributed by atoms with Crippen molar-refractivity contribution in [2.45, 2.75) is 44.4 Å². The van der Waals surface area contributed by atoms with Crippen LogP contribution < -0.4 is 0 Å². The molecule has 128 valence electrons. The monoisotopic (exact) mass is 338 g/mol. The van der Waals surface area contributed by atoms with Crippen LogP contribution >= 0.6 is 0 Å². The molecule has 0 aliphatic carbocycles. The summed E-state index contributed by atoms with van der Waals surface area (Å²) in [5.41, 5.74) is 1.12. The van der Waals surface area contributed by atoms with Crippen LogP contribution in [0.25, 0.3) is 0 Å². The highest BCUT2D eigenvalue weighted by atomic mass is 32.2. The summed E-state index contributed by atoms with van der Waals surface area (Å²) in [7, 11) is -3.49. The zero-order valence-electron chi connectivity index (χ0n) is 14.2. The maximum absolute atomic E-state index is 12.8. The van der Waals surface area contributed by atoms with Crippen molar-refractivity contribution in [3.05, 3.63) is 29.8 Å². The average molecular weight is 338 g/mol. The Morgan fingerprint density at radius 1 is 1.09 bits per heavy atom. The second-order valence-corrected chi connectivity index (χ2v) is 8.15. The lowest BCUT2D eigenvalue weighted by molar-refractivity contribution is -0.130. The van der Waals surface area contributed by atoms with Gasteiger partial charge >= 0.3 is 0 Å². The van der Waals surface area contributed by atoms with Crippen molar-refractivity contribution < 1.29 is 13.2 Å². The fraction of sp³-hybridized carbons (Fsp3) is 0.588. The second kappa shape index (κ2) is 7.45. The molecular formula is C17H26N2O3S. The molecule has 0 spiro atoms. The van der Waals surface area contributed by atoms with Crippen LogP contribution in [-0.2, 0) is 14.8 Å². The average Bonchev–Trinajstić information content (AvgIpc) is 2.80. The maximum atomic E-state index is 12.8. The number of amides is 1. The number of sulfonamides is 1. The van der Waals surface area contributed by atoms with E-state index < -0.39 is 10.0 Å². The Bertz CT molecular complexity index is 638. The SMILES string of the molecule is CCC(=O)N1CCCN(S(=O)(=O)c2ccc(C(C)C)cc2)CC1. The van der Waals surface area contributed by atoms with Gasteiger partial charge in [-0.15, -0.1) is 0 Å². The highest BCUT2D eigenvalue weighted by molar-refractivity contribution is 7.89. The molecule has 0 atom stereocenters. The summed E-state index contributed by atoms with van der Waals surface area (Å²) in [5, 5.41) is 0. The number of hydrogen-bond acceptors (Lipinski definition) is 3. The van der Waals surface area contributed by atoms with Crippen LogP contribution in [0.2, 0.25) is 0 Å². The maximum Gasteiger partial charge on any atom is 0.243 e. The molecule has 1 aromatic carbocycles. The Labute approximate surface area is 139 Å². The van der Waals surface area contributed by atoms with Gasteiger partial charge in [-0.2, -0.15) is 4.31 Å². The van der Waals surface area contributed by atoms with Gasteiger partial charge in [-0.05, 0) is 30.0 Å². The van der Waals surface area contributed by atoms with Gasteiger partial charge in [-0.1, -0.05) is 32.9 Å². The van der Waals surface area contributed by atoms with Crippen LogP contribution in [0.15, 0.2) is 29.2 Å². The molecule has 0 unspecified atom stereocenters. The number of carbonyl (C=O) groups excluding carboxylic acids is 1. The largest absolute Gasteiger partial charge is 0.341 e. The van der Waals surface area contributed by atoms with Gasteiger partial charge in [0.1, 0.15) is 0 Å². The molecule has 1 fully saturated rings. The molecule has 23 heavy (non-hydrogen) atoms. The summed E-state index contributed by atoms with van der Waals surface area (Å²) in [6, 6.07) is 7.12. The Balaban J connectivity index is 2.14. The fourth-order valence-corrected chi connectivity index (χ4v) is 4.25. The molecule has 1 saturated heterocycles. The van der Waals surface area contributed by atoms with Crippen molar-refractivity contribution in [2.75, 3.05) is 26.2 Å². The summed E-state index contributed by atoms with van der Waals surface area (Å²) in [6.07, 6.45) is 1.14. The lowest BCUT2D eigenvalue weighted by Crippen LogP contribution is -2.37. The minimum absolute atomic E-state index is 0.0885. The first-order chi connectivity index (χ1) is 10.9. The van der Waals surface area contributed by atoms with E-state index in [1.165, 1.54) is 4.31 Å². The van der Waals surface area contributed by atoms with Crippen LogP contribution in [0.1, 0.15) is 45.1 Å². The summed E-state index contributed by atoms with van der Waals surface area (Å²) in [5.74, 6) is 0.462. The minimum atomic E-state index is -3.49. The summed E-state index contributed by atoms with van der Waals surface area (Å²) in [4.78, 5) is 13.9. The van der Waals surface area contributed by atoms with E-state index >= 15 is 0 Å². The third-order valence-corrected chi connectivity index (χ3v) is 6.21. The van der Waals surface area contributed by atoms with Crippen LogP contribution in [0.4, 0.5) is 0 Å². The molecule has 2 rings (SSSR count). The molecule has 5 nitrogen and oxygen atoms in total. The minimum Gasteiger partial charge on any atom is -0.341 e. The van der Waals surface area contributed by atoms with E-state index in [2.05, 4.69) is 13.8 Å². The Morgan fingerprint density at radius 3 is 2.30 bits per heavy atom. The van der Waals surface area contributed by atoms with E-state index in [1.54, 1.807) is 17.0 Å².